The van der Waals surface area contributed by atoms with Gasteiger partial charge in [0.1, 0.15) is 0 Å². The van der Waals surface area contributed by atoms with Gasteiger partial charge in [0.15, 0.2) is 0 Å². The van der Waals surface area contributed by atoms with Crippen molar-refractivity contribution in [2.75, 3.05) is 5.32 Å². The number of amides is 1. The van der Waals surface area contributed by atoms with Crippen molar-refractivity contribution in [1.29, 1.82) is 0 Å². The Balaban J connectivity index is 1.82. The van der Waals surface area contributed by atoms with E-state index < -0.39 is 5.91 Å². The van der Waals surface area contributed by atoms with Gasteiger partial charge < -0.3 is 11.1 Å². The number of carbonyl (C=O) groups excluding carboxylic acids is 1. The van der Waals surface area contributed by atoms with E-state index in [0.29, 0.717) is 17.1 Å². The van der Waals surface area contributed by atoms with E-state index in [1.54, 1.807) is 23.5 Å². The number of carbonyl (C=O) groups is 1. The molecule has 0 fully saturated rings. The lowest BCUT2D eigenvalue weighted by molar-refractivity contribution is 0.100. The third kappa shape index (κ3) is 2.86. The summed E-state index contributed by atoms with van der Waals surface area (Å²) in [6, 6.07) is 13.5. The highest BCUT2D eigenvalue weighted by Crippen LogP contribution is 2.27. The summed E-state index contributed by atoms with van der Waals surface area (Å²) in [5, 5.41) is 7.06. The van der Waals surface area contributed by atoms with Gasteiger partial charge in [-0.3, -0.25) is 4.79 Å². The predicted molar refractivity (Wildman–Crippen MR) is 89.1 cm³/mol. The molecule has 0 spiro atoms. The Morgan fingerprint density at radius 3 is 2.86 bits per heavy atom. The molecule has 5 heteroatoms. The number of thiophene rings is 1. The second-order valence-corrected chi connectivity index (χ2v) is 5.99. The highest BCUT2D eigenvalue weighted by atomic mass is 35.5. The van der Waals surface area contributed by atoms with Crippen molar-refractivity contribution in [3.63, 3.8) is 0 Å². The lowest BCUT2D eigenvalue weighted by Gasteiger charge is -2.08. The normalized spacial score (nSPS) is 10.7. The lowest BCUT2D eigenvalue weighted by atomic mass is 10.1. The maximum absolute atomic E-state index is 11.3. The zero-order valence-corrected chi connectivity index (χ0v) is 12.7. The van der Waals surface area contributed by atoms with Crippen molar-refractivity contribution in [2.24, 2.45) is 5.73 Å². The van der Waals surface area contributed by atoms with Crippen molar-refractivity contribution in [2.45, 2.75) is 6.54 Å². The molecule has 1 heterocycles. The Morgan fingerprint density at radius 1 is 1.24 bits per heavy atom. The molecular formula is C16H13ClN2OS. The minimum atomic E-state index is -0.523. The summed E-state index contributed by atoms with van der Waals surface area (Å²) < 4.78 is 1.27. The molecule has 106 valence electrons. The first kappa shape index (κ1) is 13.9. The number of nitrogens with one attached hydrogen (secondary N) is 1. The molecule has 0 atom stereocenters. The molecule has 21 heavy (non-hydrogen) atoms. The molecular weight excluding hydrogens is 304 g/mol. The Hall–Kier alpha value is -2.04. The van der Waals surface area contributed by atoms with Crippen LogP contribution in [0.5, 0.6) is 0 Å². The first-order chi connectivity index (χ1) is 10.1. The van der Waals surface area contributed by atoms with Gasteiger partial charge in [0.2, 0.25) is 5.91 Å². The zero-order valence-electron chi connectivity index (χ0n) is 11.1. The van der Waals surface area contributed by atoms with Gasteiger partial charge in [0.25, 0.3) is 0 Å². The summed E-state index contributed by atoms with van der Waals surface area (Å²) in [5.74, 6) is -0.523. The van der Waals surface area contributed by atoms with E-state index in [9.17, 15) is 4.79 Å². The van der Waals surface area contributed by atoms with Gasteiger partial charge in [0, 0.05) is 16.9 Å². The Labute approximate surface area is 131 Å². The molecule has 0 unspecified atom stereocenters. The van der Waals surface area contributed by atoms with Gasteiger partial charge in [-0.1, -0.05) is 29.8 Å². The number of halogens is 1. The molecule has 3 rings (SSSR count). The van der Waals surface area contributed by atoms with Gasteiger partial charge >= 0.3 is 0 Å². The van der Waals surface area contributed by atoms with E-state index in [0.717, 1.165) is 5.69 Å². The maximum atomic E-state index is 11.3. The average Bonchev–Trinajstić information content (AvgIpc) is 2.89. The Bertz CT molecular complexity index is 813. The molecule has 3 N–H and O–H groups in total. The summed E-state index contributed by atoms with van der Waals surface area (Å²) in [7, 11) is 0. The van der Waals surface area contributed by atoms with Gasteiger partial charge in [-0.05, 0) is 40.6 Å². The van der Waals surface area contributed by atoms with Gasteiger partial charge in [-0.2, -0.15) is 0 Å². The van der Waals surface area contributed by atoms with Crippen LogP contribution in [0.4, 0.5) is 5.69 Å². The molecule has 3 aromatic rings. The third-order valence-corrected chi connectivity index (χ3v) is 4.62. The van der Waals surface area contributed by atoms with Crippen LogP contribution in [0.25, 0.3) is 10.1 Å². The minimum Gasteiger partial charge on any atom is -0.381 e. The fourth-order valence-electron chi connectivity index (χ4n) is 2.19. The average molecular weight is 317 g/mol. The summed E-state index contributed by atoms with van der Waals surface area (Å²) in [6.07, 6.45) is 0. The van der Waals surface area contributed by atoms with Crippen LogP contribution in [0.2, 0.25) is 5.02 Å². The van der Waals surface area contributed by atoms with E-state index >= 15 is 0 Å². The first-order valence-electron chi connectivity index (χ1n) is 6.43. The number of benzene rings is 2. The van der Waals surface area contributed by atoms with Gasteiger partial charge in [-0.15, -0.1) is 11.3 Å². The Morgan fingerprint density at radius 2 is 2.05 bits per heavy atom. The second-order valence-electron chi connectivity index (χ2n) is 4.67. The lowest BCUT2D eigenvalue weighted by Crippen LogP contribution is -2.12. The van der Waals surface area contributed by atoms with Crippen molar-refractivity contribution in [3.8, 4) is 0 Å². The molecule has 3 nitrogen and oxygen atoms in total. The molecule has 0 aliphatic carbocycles. The molecule has 0 aliphatic rings. The van der Waals surface area contributed by atoms with Crippen LogP contribution in [-0.4, -0.2) is 5.91 Å². The van der Waals surface area contributed by atoms with Gasteiger partial charge in [0.05, 0.1) is 10.6 Å². The highest BCUT2D eigenvalue weighted by molar-refractivity contribution is 7.17. The summed E-state index contributed by atoms with van der Waals surface area (Å²) >= 11 is 7.67. The van der Waals surface area contributed by atoms with Crippen LogP contribution in [0.1, 0.15) is 15.9 Å². The standard InChI is InChI=1S/C16H13ClN2OS/c17-14-6-5-11(7-13(14)16(18)20)19-8-10-9-21-15-4-2-1-3-12(10)15/h1-7,9,19H,8H2,(H2,18,20). The van der Waals surface area contributed by atoms with Crippen molar-refractivity contribution in [1.82, 2.24) is 0 Å². The number of anilines is 1. The van der Waals surface area contributed by atoms with E-state index in [4.69, 9.17) is 17.3 Å². The summed E-state index contributed by atoms with van der Waals surface area (Å²) in [4.78, 5) is 11.3. The largest absolute Gasteiger partial charge is 0.381 e. The fraction of sp³-hybridized carbons (Fsp3) is 0.0625. The SMILES string of the molecule is NC(=O)c1cc(NCc2csc3ccccc23)ccc1Cl. The second kappa shape index (κ2) is 5.76. The quantitative estimate of drug-likeness (QED) is 0.755. The molecule has 0 saturated heterocycles. The monoisotopic (exact) mass is 316 g/mol. The molecule has 1 aromatic heterocycles. The highest BCUT2D eigenvalue weighted by Gasteiger charge is 2.08. The molecule has 0 saturated carbocycles. The molecule has 2 aromatic carbocycles. The number of nitrogens with two attached hydrogens (primary N) is 1. The summed E-state index contributed by atoms with van der Waals surface area (Å²) in [5.41, 5.74) is 7.68. The topological polar surface area (TPSA) is 55.1 Å². The predicted octanol–water partition coefficient (Wildman–Crippen LogP) is 4.27. The number of hydrogen-bond donors (Lipinski definition) is 2. The number of hydrogen-bond acceptors (Lipinski definition) is 3. The molecule has 0 aliphatic heterocycles. The summed E-state index contributed by atoms with van der Waals surface area (Å²) in [6.45, 7) is 0.684. The third-order valence-electron chi connectivity index (χ3n) is 3.28. The minimum absolute atomic E-state index is 0.330. The fourth-order valence-corrected chi connectivity index (χ4v) is 3.36. The van der Waals surface area contributed by atoms with Crippen LogP contribution in [-0.2, 0) is 6.54 Å². The molecule has 0 radical (unpaired) electrons. The number of rotatable bonds is 4. The van der Waals surface area contributed by atoms with Crippen LogP contribution in [0.15, 0.2) is 47.8 Å². The van der Waals surface area contributed by atoms with E-state index in [1.165, 1.54) is 15.6 Å². The number of primary amides is 1. The van der Waals surface area contributed by atoms with E-state index in [2.05, 4.69) is 22.8 Å². The molecule has 0 bridgehead atoms. The van der Waals surface area contributed by atoms with Crippen LogP contribution < -0.4 is 11.1 Å². The van der Waals surface area contributed by atoms with Crippen molar-refractivity contribution >= 4 is 44.6 Å². The van der Waals surface area contributed by atoms with E-state index in [-0.39, 0.29) is 0 Å². The molecule has 1 amide bonds. The Kier molecular flexibility index (Phi) is 3.82. The van der Waals surface area contributed by atoms with Crippen LogP contribution >= 0.6 is 22.9 Å². The van der Waals surface area contributed by atoms with Crippen molar-refractivity contribution in [3.05, 3.63) is 64.0 Å². The first-order valence-corrected chi connectivity index (χ1v) is 7.69. The zero-order chi connectivity index (χ0) is 14.8. The number of fused-ring (bicyclic) bond motifs is 1. The van der Waals surface area contributed by atoms with Crippen LogP contribution in [0.3, 0.4) is 0 Å². The van der Waals surface area contributed by atoms with Crippen molar-refractivity contribution < 1.29 is 4.79 Å². The van der Waals surface area contributed by atoms with Crippen LogP contribution in [0, 0.1) is 0 Å². The van der Waals surface area contributed by atoms with E-state index in [1.807, 2.05) is 18.2 Å². The smallest absolute Gasteiger partial charge is 0.250 e. The van der Waals surface area contributed by atoms with Gasteiger partial charge in [-0.25, -0.2) is 0 Å². The maximum Gasteiger partial charge on any atom is 0.250 e.